The third-order valence-corrected chi connectivity index (χ3v) is 5.63. The quantitative estimate of drug-likeness (QED) is 0.311. The highest BCUT2D eigenvalue weighted by atomic mass is 16.5. The molecule has 1 amide bonds. The summed E-state index contributed by atoms with van der Waals surface area (Å²) in [6, 6.07) is 14.3. The average molecular weight is 433 g/mol. The lowest BCUT2D eigenvalue weighted by atomic mass is 9.95. The molecule has 3 aromatic rings. The highest BCUT2D eigenvalue weighted by molar-refractivity contribution is 6.46. The van der Waals surface area contributed by atoms with Gasteiger partial charge < -0.3 is 19.7 Å². The Morgan fingerprint density at radius 3 is 2.53 bits per heavy atom. The van der Waals surface area contributed by atoms with Crippen LogP contribution in [0.3, 0.4) is 0 Å². The molecular weight excluding hydrogens is 404 g/mol. The minimum absolute atomic E-state index is 0.115. The van der Waals surface area contributed by atoms with E-state index in [1.807, 2.05) is 55.5 Å². The van der Waals surface area contributed by atoms with Gasteiger partial charge >= 0.3 is 0 Å². The molecule has 166 valence electrons. The van der Waals surface area contributed by atoms with E-state index in [9.17, 15) is 14.7 Å². The number of para-hydroxylation sites is 1. The number of hydrogen-bond donors (Lipinski definition) is 2. The Hall–Kier alpha value is -3.54. The van der Waals surface area contributed by atoms with Crippen molar-refractivity contribution >= 4 is 28.4 Å². The number of ether oxygens (including phenoxy) is 1. The van der Waals surface area contributed by atoms with Crippen molar-refractivity contribution in [2.24, 2.45) is 5.92 Å². The van der Waals surface area contributed by atoms with Crippen molar-refractivity contribution in [3.05, 3.63) is 71.4 Å². The number of aliphatic hydroxyl groups is 1. The van der Waals surface area contributed by atoms with Crippen LogP contribution in [0.15, 0.2) is 60.3 Å². The smallest absolute Gasteiger partial charge is 0.295 e. The SMILES string of the molecule is CCCN1C(=O)C(=O)/C(=C(\O)c2c[nH]c3ccccc23)C1c1ccc(OCC(C)C)cc1. The largest absolute Gasteiger partial charge is 0.507 e. The number of carbonyl (C=O) groups is 2. The lowest BCUT2D eigenvalue weighted by molar-refractivity contribution is -0.139. The van der Waals surface area contributed by atoms with E-state index in [-0.39, 0.29) is 11.3 Å². The number of H-pyrrole nitrogens is 1. The molecule has 6 heteroatoms. The van der Waals surface area contributed by atoms with Crippen LogP contribution >= 0.6 is 0 Å². The van der Waals surface area contributed by atoms with Gasteiger partial charge in [-0.3, -0.25) is 9.59 Å². The van der Waals surface area contributed by atoms with E-state index in [4.69, 9.17) is 4.74 Å². The molecule has 1 unspecified atom stereocenters. The first-order valence-corrected chi connectivity index (χ1v) is 11.0. The molecule has 6 nitrogen and oxygen atoms in total. The highest BCUT2D eigenvalue weighted by Crippen LogP contribution is 2.40. The number of nitrogens with one attached hydrogen (secondary N) is 1. The second-order valence-corrected chi connectivity index (χ2v) is 8.51. The van der Waals surface area contributed by atoms with E-state index in [1.54, 1.807) is 11.1 Å². The zero-order valence-electron chi connectivity index (χ0n) is 18.6. The van der Waals surface area contributed by atoms with Crippen LogP contribution in [-0.2, 0) is 9.59 Å². The number of aromatic nitrogens is 1. The zero-order chi connectivity index (χ0) is 22.8. The highest BCUT2D eigenvalue weighted by Gasteiger charge is 2.45. The van der Waals surface area contributed by atoms with E-state index in [1.165, 1.54) is 0 Å². The van der Waals surface area contributed by atoms with E-state index >= 15 is 0 Å². The van der Waals surface area contributed by atoms with Crippen molar-refractivity contribution < 1.29 is 19.4 Å². The summed E-state index contributed by atoms with van der Waals surface area (Å²) >= 11 is 0. The summed E-state index contributed by atoms with van der Waals surface area (Å²) in [7, 11) is 0. The molecule has 0 spiro atoms. The Morgan fingerprint density at radius 1 is 1.12 bits per heavy atom. The lowest BCUT2D eigenvalue weighted by Gasteiger charge is -2.25. The fourth-order valence-corrected chi connectivity index (χ4v) is 4.12. The molecule has 0 saturated carbocycles. The number of rotatable bonds is 7. The van der Waals surface area contributed by atoms with E-state index in [2.05, 4.69) is 18.8 Å². The first-order valence-electron chi connectivity index (χ1n) is 11.0. The van der Waals surface area contributed by atoms with Crippen molar-refractivity contribution in [2.75, 3.05) is 13.2 Å². The van der Waals surface area contributed by atoms with Gasteiger partial charge in [0.15, 0.2) is 0 Å². The third-order valence-electron chi connectivity index (χ3n) is 5.63. The van der Waals surface area contributed by atoms with Gasteiger partial charge in [0.1, 0.15) is 11.5 Å². The van der Waals surface area contributed by atoms with Crippen LogP contribution in [0.25, 0.3) is 16.7 Å². The lowest BCUT2D eigenvalue weighted by Crippen LogP contribution is -2.30. The summed E-state index contributed by atoms with van der Waals surface area (Å²) in [6.07, 6.45) is 2.37. The number of hydrogen-bond acceptors (Lipinski definition) is 4. The molecule has 2 heterocycles. The molecule has 32 heavy (non-hydrogen) atoms. The van der Waals surface area contributed by atoms with Crippen LogP contribution in [0.5, 0.6) is 5.75 Å². The Morgan fingerprint density at radius 2 is 1.84 bits per heavy atom. The second kappa shape index (κ2) is 8.91. The minimum atomic E-state index is -0.661. The monoisotopic (exact) mass is 432 g/mol. The van der Waals surface area contributed by atoms with Crippen molar-refractivity contribution in [3.8, 4) is 5.75 Å². The number of nitrogens with zero attached hydrogens (tertiary/aromatic N) is 1. The first-order chi connectivity index (χ1) is 15.4. The fourth-order valence-electron chi connectivity index (χ4n) is 4.12. The van der Waals surface area contributed by atoms with Gasteiger partial charge in [0.05, 0.1) is 18.2 Å². The molecule has 0 bridgehead atoms. The summed E-state index contributed by atoms with van der Waals surface area (Å²) < 4.78 is 5.77. The van der Waals surface area contributed by atoms with Crippen LogP contribution in [0, 0.1) is 5.92 Å². The molecule has 1 fully saturated rings. The molecule has 1 saturated heterocycles. The molecular formula is C26H28N2O4. The Labute approximate surface area is 187 Å². The van der Waals surface area contributed by atoms with Crippen molar-refractivity contribution in [3.63, 3.8) is 0 Å². The topological polar surface area (TPSA) is 82.6 Å². The van der Waals surface area contributed by atoms with Gasteiger partial charge in [0.25, 0.3) is 11.7 Å². The normalized spacial score (nSPS) is 18.1. The third kappa shape index (κ3) is 3.88. The van der Waals surface area contributed by atoms with Crippen molar-refractivity contribution in [1.82, 2.24) is 9.88 Å². The number of amides is 1. The summed E-state index contributed by atoms with van der Waals surface area (Å²) in [5, 5.41) is 12.0. The number of Topliss-reactive ketones (excluding diaryl/α,β-unsaturated/α-hetero) is 1. The van der Waals surface area contributed by atoms with Crippen LogP contribution < -0.4 is 4.74 Å². The van der Waals surface area contributed by atoms with E-state index in [0.29, 0.717) is 31.1 Å². The number of aromatic amines is 1. The van der Waals surface area contributed by atoms with Crippen LogP contribution in [-0.4, -0.2) is 39.8 Å². The molecule has 1 aliphatic heterocycles. The number of carbonyl (C=O) groups excluding carboxylic acids is 2. The Balaban J connectivity index is 1.80. The second-order valence-electron chi connectivity index (χ2n) is 8.51. The maximum Gasteiger partial charge on any atom is 0.295 e. The predicted molar refractivity (Wildman–Crippen MR) is 124 cm³/mol. The van der Waals surface area contributed by atoms with E-state index < -0.39 is 17.7 Å². The van der Waals surface area contributed by atoms with Crippen molar-refractivity contribution in [2.45, 2.75) is 33.2 Å². The van der Waals surface area contributed by atoms with Crippen LogP contribution in [0.2, 0.25) is 0 Å². The molecule has 1 aliphatic rings. The zero-order valence-corrected chi connectivity index (χ0v) is 18.6. The summed E-state index contributed by atoms with van der Waals surface area (Å²) in [6.45, 7) is 7.15. The molecule has 2 N–H and O–H groups in total. The van der Waals surface area contributed by atoms with Gasteiger partial charge in [0, 0.05) is 29.2 Å². The van der Waals surface area contributed by atoms with E-state index in [0.717, 1.165) is 22.2 Å². The van der Waals surface area contributed by atoms with Gasteiger partial charge in [-0.2, -0.15) is 0 Å². The number of benzene rings is 2. The number of fused-ring (bicyclic) bond motifs is 1. The van der Waals surface area contributed by atoms with Crippen molar-refractivity contribution in [1.29, 1.82) is 0 Å². The molecule has 2 aromatic carbocycles. The summed E-state index contributed by atoms with van der Waals surface area (Å²) in [5.74, 6) is -0.275. The summed E-state index contributed by atoms with van der Waals surface area (Å²) in [4.78, 5) is 30.6. The predicted octanol–water partition coefficient (Wildman–Crippen LogP) is 5.03. The minimum Gasteiger partial charge on any atom is -0.507 e. The fraction of sp³-hybridized carbons (Fsp3) is 0.308. The van der Waals surface area contributed by atoms with Crippen LogP contribution in [0.4, 0.5) is 0 Å². The van der Waals surface area contributed by atoms with Crippen LogP contribution in [0.1, 0.15) is 44.4 Å². The first kappa shape index (κ1) is 21.7. The summed E-state index contributed by atoms with van der Waals surface area (Å²) in [5.41, 5.74) is 2.23. The number of likely N-dealkylation sites (tertiary alicyclic amines) is 1. The molecule has 1 atom stereocenters. The van der Waals surface area contributed by atoms with Gasteiger partial charge in [-0.05, 0) is 36.1 Å². The van der Waals surface area contributed by atoms with Gasteiger partial charge in [-0.1, -0.05) is 51.1 Å². The standard InChI is InChI=1S/C26H28N2O4/c1-4-13-28-23(17-9-11-18(12-10-17)32-15-16(2)3)22(25(30)26(28)31)24(29)20-14-27-21-8-6-5-7-19(20)21/h5-12,14,16,23,27,29H,4,13,15H2,1-3H3/b24-22-. The molecule has 1 aromatic heterocycles. The Kier molecular flexibility index (Phi) is 6.04. The maximum atomic E-state index is 13.0. The maximum absolute atomic E-state index is 13.0. The molecule has 0 aliphatic carbocycles. The Bertz CT molecular complexity index is 1170. The van der Waals surface area contributed by atoms with Gasteiger partial charge in [-0.15, -0.1) is 0 Å². The van der Waals surface area contributed by atoms with Gasteiger partial charge in [-0.25, -0.2) is 0 Å². The number of ketones is 1. The number of aliphatic hydroxyl groups excluding tert-OH is 1. The average Bonchev–Trinajstić information content (AvgIpc) is 3.33. The molecule has 4 rings (SSSR count). The van der Waals surface area contributed by atoms with Gasteiger partial charge in [0.2, 0.25) is 0 Å². The molecule has 0 radical (unpaired) electrons.